The van der Waals surface area contributed by atoms with Gasteiger partial charge in [-0.1, -0.05) is 66.7 Å². The second-order valence-electron chi connectivity index (χ2n) is 15.6. The van der Waals surface area contributed by atoms with Crippen LogP contribution in [0.25, 0.3) is 39.4 Å². The minimum atomic E-state index is -1.82. The molecule has 5 aromatic rings. The molecule has 14 nitrogen and oxygen atoms in total. The summed E-state index contributed by atoms with van der Waals surface area (Å²) in [4.78, 5) is 38.5. The monoisotopic (exact) mass is 804 g/mol. The first-order chi connectivity index (χ1) is 28.7. The molecule has 0 amide bonds. The third-order valence-corrected chi connectivity index (χ3v) is 11.1. The van der Waals surface area contributed by atoms with Gasteiger partial charge in [0.2, 0.25) is 0 Å². The Morgan fingerprint density at radius 2 is 1.10 bits per heavy atom. The third kappa shape index (κ3) is 13.2. The van der Waals surface area contributed by atoms with Crippen LogP contribution in [0, 0.1) is 0 Å². The molecule has 0 radical (unpaired) electrons. The number of aromatic nitrogens is 4. The number of nitrogens with one attached hydrogen (secondary N) is 2. The van der Waals surface area contributed by atoms with E-state index in [1.54, 1.807) is 0 Å². The number of carboxylic acid groups (broad SMARTS) is 2. The zero-order valence-electron chi connectivity index (χ0n) is 34.6. The van der Waals surface area contributed by atoms with Crippen molar-refractivity contribution in [3.63, 3.8) is 0 Å². The number of hydrogen-bond donors (Lipinski definition) is 4. The van der Waals surface area contributed by atoms with E-state index in [4.69, 9.17) is 34.9 Å². The molecule has 0 saturated carbocycles. The number of hydrogen-bond acceptors (Lipinski definition) is 11. The summed E-state index contributed by atoms with van der Waals surface area (Å²) in [5.74, 6) is -2.94. The lowest BCUT2D eigenvalue weighted by atomic mass is 10.1. The zero-order chi connectivity index (χ0) is 41.4. The number of carboxylic acids is 2. The molecule has 2 fully saturated rings. The molecule has 7 rings (SSSR count). The van der Waals surface area contributed by atoms with Gasteiger partial charge >= 0.3 is 11.9 Å². The third-order valence-electron chi connectivity index (χ3n) is 11.1. The van der Waals surface area contributed by atoms with E-state index in [-0.39, 0.29) is 0 Å². The van der Waals surface area contributed by atoms with Gasteiger partial charge in [-0.05, 0) is 89.2 Å². The quantitative estimate of drug-likeness (QED) is 0.0769. The van der Waals surface area contributed by atoms with E-state index >= 15 is 0 Å². The Balaban J connectivity index is 0.000000908. The van der Waals surface area contributed by atoms with E-state index in [1.807, 2.05) is 29.1 Å². The highest BCUT2D eigenvalue weighted by Crippen LogP contribution is 2.30. The van der Waals surface area contributed by atoms with E-state index in [0.717, 1.165) is 59.7 Å². The number of fused-ring (bicyclic) bond motifs is 1. The molecule has 4 N–H and O–H groups in total. The average molecular weight is 805 g/mol. The highest BCUT2D eigenvalue weighted by molar-refractivity contribution is 6.27. The fourth-order valence-corrected chi connectivity index (χ4v) is 7.35. The van der Waals surface area contributed by atoms with Gasteiger partial charge in [-0.25, -0.2) is 24.2 Å². The van der Waals surface area contributed by atoms with Crippen LogP contribution in [-0.2, 0) is 22.7 Å². The van der Waals surface area contributed by atoms with Crippen LogP contribution in [0.4, 0.5) is 0 Å². The summed E-state index contributed by atoms with van der Waals surface area (Å²) in [5, 5.41) is 27.8. The molecule has 0 spiro atoms. The van der Waals surface area contributed by atoms with Crippen molar-refractivity contribution in [2.45, 2.75) is 38.8 Å². The van der Waals surface area contributed by atoms with Crippen molar-refractivity contribution in [3.05, 3.63) is 96.2 Å². The maximum absolute atomic E-state index is 9.10. The van der Waals surface area contributed by atoms with Crippen molar-refractivity contribution < 1.29 is 19.8 Å². The lowest BCUT2D eigenvalue weighted by Crippen LogP contribution is -2.44. The van der Waals surface area contributed by atoms with E-state index in [2.05, 4.69) is 105 Å². The van der Waals surface area contributed by atoms with E-state index in [9.17, 15) is 0 Å². The van der Waals surface area contributed by atoms with Gasteiger partial charge in [-0.15, -0.1) is 0 Å². The van der Waals surface area contributed by atoms with Crippen LogP contribution in [0.5, 0.6) is 0 Å². The van der Waals surface area contributed by atoms with Crippen molar-refractivity contribution in [1.29, 1.82) is 0 Å². The molecule has 2 aliphatic heterocycles. The molecule has 59 heavy (non-hydrogen) atoms. The standard InChI is InChI=1S/C43H58N10.C2H2O4/c1-49-24-28-51(29-25-49)22-8-6-20-44-32-35-12-16-37(17-13-35)41-40-34-46-53(39-10-4-3-5-11-39)43(40)48-42(47-41)38-18-14-36(15-19-38)33-45-21-7-9-23-52-30-26-50(2)27-31-52;3-1(4)2(5)6/h3-5,10-19,34,44-45H,6-9,20-33H2,1-2H3;(H,3,4)(H,5,6). The summed E-state index contributed by atoms with van der Waals surface area (Å²) in [5.41, 5.74) is 7.29. The molecule has 2 aliphatic rings. The number of carbonyl (C=O) groups is 2. The Morgan fingerprint density at radius 3 is 1.59 bits per heavy atom. The summed E-state index contributed by atoms with van der Waals surface area (Å²) in [6.45, 7) is 15.8. The first-order valence-electron chi connectivity index (χ1n) is 20.9. The molecule has 2 saturated heterocycles. The van der Waals surface area contributed by atoms with Crippen molar-refractivity contribution in [2.75, 3.05) is 92.6 Å². The minimum Gasteiger partial charge on any atom is -0.473 e. The summed E-state index contributed by atoms with van der Waals surface area (Å²) in [6, 6.07) is 27.7. The summed E-state index contributed by atoms with van der Waals surface area (Å²) in [7, 11) is 4.43. The maximum atomic E-state index is 9.10. The Kier molecular flexibility index (Phi) is 16.5. The smallest absolute Gasteiger partial charge is 0.414 e. The van der Waals surface area contributed by atoms with Crippen molar-refractivity contribution in [2.24, 2.45) is 0 Å². The summed E-state index contributed by atoms with van der Waals surface area (Å²) in [6.07, 6.45) is 6.79. The average Bonchev–Trinajstić information content (AvgIpc) is 3.69. The lowest BCUT2D eigenvalue weighted by Gasteiger charge is -2.32. The number of benzene rings is 3. The number of para-hydroxylation sites is 1. The number of aliphatic carboxylic acids is 2. The molecule has 0 aliphatic carbocycles. The van der Waals surface area contributed by atoms with Gasteiger partial charge in [0.25, 0.3) is 0 Å². The van der Waals surface area contributed by atoms with Crippen LogP contribution in [0.2, 0.25) is 0 Å². The number of rotatable bonds is 17. The SMILES string of the molecule is CN1CCN(CCCCNCc2ccc(-c3nc(-c4ccc(CNCCCCN5CCN(C)CC5)cc4)c4cnn(-c5ccccc5)c4n3)cc2)CC1.O=C(O)C(=O)O. The maximum Gasteiger partial charge on any atom is 0.414 e. The predicted octanol–water partition coefficient (Wildman–Crippen LogP) is 4.54. The van der Waals surface area contributed by atoms with E-state index < -0.39 is 11.9 Å². The number of nitrogens with zero attached hydrogens (tertiary/aromatic N) is 8. The van der Waals surface area contributed by atoms with E-state index in [1.165, 1.54) is 102 Å². The van der Waals surface area contributed by atoms with Crippen molar-refractivity contribution >= 4 is 23.0 Å². The number of likely N-dealkylation sites (N-methyl/N-ethyl adjacent to an activating group) is 2. The molecule has 3 aromatic carbocycles. The Hall–Kier alpha value is -5.09. The van der Waals surface area contributed by atoms with Crippen molar-refractivity contribution in [3.8, 4) is 28.3 Å². The second kappa shape index (κ2) is 22.3. The van der Waals surface area contributed by atoms with E-state index in [0.29, 0.717) is 5.82 Å². The minimum absolute atomic E-state index is 0.705. The second-order valence-corrected chi connectivity index (χ2v) is 15.6. The van der Waals surface area contributed by atoms with Gasteiger partial charge < -0.3 is 40.4 Å². The molecule has 0 bridgehead atoms. The first kappa shape index (κ1) is 43.5. The molecular weight excluding hydrogens is 745 g/mol. The Labute approximate surface area is 347 Å². The molecular formula is C45H60N10O4. The highest BCUT2D eigenvalue weighted by atomic mass is 16.4. The Bertz CT molecular complexity index is 2030. The number of piperazine rings is 2. The van der Waals surface area contributed by atoms with Crippen molar-refractivity contribution in [1.82, 2.24) is 50.0 Å². The van der Waals surface area contributed by atoms with Crippen LogP contribution in [-0.4, -0.2) is 154 Å². The summed E-state index contributed by atoms with van der Waals surface area (Å²) < 4.78 is 1.92. The van der Waals surface area contributed by atoms with Crippen LogP contribution >= 0.6 is 0 Å². The van der Waals surface area contributed by atoms with Gasteiger partial charge in [-0.3, -0.25) is 0 Å². The zero-order valence-corrected chi connectivity index (χ0v) is 34.6. The number of unbranched alkanes of at least 4 members (excludes halogenated alkanes) is 2. The molecule has 314 valence electrons. The summed E-state index contributed by atoms with van der Waals surface area (Å²) >= 11 is 0. The molecule has 0 unspecified atom stereocenters. The fraction of sp³-hybridized carbons (Fsp3) is 0.444. The van der Waals surface area contributed by atoms with Gasteiger partial charge in [0.1, 0.15) is 0 Å². The normalized spacial score (nSPS) is 15.6. The van der Waals surface area contributed by atoms with Crippen LogP contribution < -0.4 is 10.6 Å². The van der Waals surface area contributed by atoms with Gasteiger partial charge in [0.15, 0.2) is 11.5 Å². The largest absolute Gasteiger partial charge is 0.473 e. The topological polar surface area (TPSA) is 155 Å². The fourth-order valence-electron chi connectivity index (χ4n) is 7.35. The predicted molar refractivity (Wildman–Crippen MR) is 233 cm³/mol. The van der Waals surface area contributed by atoms with Gasteiger partial charge in [0, 0.05) is 76.6 Å². The van der Waals surface area contributed by atoms with Crippen LogP contribution in [0.1, 0.15) is 36.8 Å². The molecule has 2 aromatic heterocycles. The van der Waals surface area contributed by atoms with Crippen LogP contribution in [0.3, 0.4) is 0 Å². The van der Waals surface area contributed by atoms with Crippen LogP contribution in [0.15, 0.2) is 85.1 Å². The molecule has 0 atom stereocenters. The lowest BCUT2D eigenvalue weighted by molar-refractivity contribution is -0.159. The van der Waals surface area contributed by atoms with Gasteiger partial charge in [0.05, 0.1) is 23.0 Å². The molecule has 4 heterocycles. The highest BCUT2D eigenvalue weighted by Gasteiger charge is 2.18. The first-order valence-corrected chi connectivity index (χ1v) is 20.9. The Morgan fingerprint density at radius 1 is 0.610 bits per heavy atom. The molecule has 14 heteroatoms. The van der Waals surface area contributed by atoms with Gasteiger partial charge in [-0.2, -0.15) is 5.10 Å².